The van der Waals surface area contributed by atoms with Crippen LogP contribution in [0.3, 0.4) is 0 Å². The average Bonchev–Trinajstić information content (AvgIpc) is 3.24. The smallest absolute Gasteiger partial charge is 0.311 e. The van der Waals surface area contributed by atoms with Gasteiger partial charge in [0, 0.05) is 32.0 Å². The molecule has 0 radical (unpaired) electrons. The molecule has 1 N–H and O–H groups in total. The molecule has 1 aromatic carbocycles. The molecule has 0 bridgehead atoms. The number of amides is 2. The number of carbonyl (C=O) groups excluding carboxylic acids is 2. The number of hydrogen-bond donors (Lipinski definition) is 1. The van der Waals surface area contributed by atoms with Crippen LogP contribution >= 0.6 is 0 Å². The number of carbonyl (C=O) groups is 2. The first-order valence-electron chi connectivity index (χ1n) is 9.59. The zero-order valence-electron chi connectivity index (χ0n) is 16.6. The van der Waals surface area contributed by atoms with Gasteiger partial charge in [-0.3, -0.25) is 14.6 Å². The van der Waals surface area contributed by atoms with Crippen LogP contribution in [0.1, 0.15) is 34.8 Å². The molecule has 0 spiro atoms. The minimum Gasteiger partial charge on any atom is -0.346 e. The van der Waals surface area contributed by atoms with Crippen molar-refractivity contribution >= 4 is 21.7 Å². The highest BCUT2D eigenvalue weighted by molar-refractivity contribution is 7.91. The number of aryl methyl sites for hydroxylation is 2. The van der Waals surface area contributed by atoms with Crippen LogP contribution in [0.4, 0.5) is 0 Å². The van der Waals surface area contributed by atoms with E-state index in [1.807, 2.05) is 13.0 Å². The summed E-state index contributed by atoms with van der Waals surface area (Å²) in [5, 5.41) is 1.48. The molecule has 1 aliphatic rings. The molecule has 1 aliphatic heterocycles. The zero-order valence-corrected chi connectivity index (χ0v) is 17.4. The van der Waals surface area contributed by atoms with Crippen LogP contribution in [-0.2, 0) is 19.4 Å². The summed E-state index contributed by atoms with van der Waals surface area (Å²) in [6.07, 6.45) is 4.78. The van der Waals surface area contributed by atoms with Crippen molar-refractivity contribution in [2.75, 3.05) is 19.6 Å². The molecular weight excluding hydrogens is 390 g/mol. The van der Waals surface area contributed by atoms with E-state index >= 15 is 0 Å². The molecule has 1 atom stereocenters. The van der Waals surface area contributed by atoms with Crippen molar-refractivity contribution in [2.24, 2.45) is 0 Å². The second-order valence-electron chi connectivity index (χ2n) is 7.30. The van der Waals surface area contributed by atoms with Crippen LogP contribution < -0.4 is 5.32 Å². The van der Waals surface area contributed by atoms with E-state index in [0.717, 1.165) is 18.4 Å². The number of likely N-dealkylation sites (tertiary alicyclic amines) is 1. The van der Waals surface area contributed by atoms with Gasteiger partial charge >= 0.3 is 11.8 Å². The van der Waals surface area contributed by atoms with Crippen molar-refractivity contribution in [3.05, 3.63) is 59.4 Å². The highest BCUT2D eigenvalue weighted by atomic mass is 32.2. The SMILES string of the molecule is Cc1ccc(C)c(S(=O)(=O)[C@@H](CNC(=O)C(=O)N2CCCC2)c2cccnc2)c1. The fraction of sp³-hybridized carbons (Fsp3) is 0.381. The first-order valence-corrected chi connectivity index (χ1v) is 11.1. The van der Waals surface area contributed by atoms with Gasteiger partial charge in [-0.25, -0.2) is 8.42 Å². The molecule has 2 amide bonds. The van der Waals surface area contributed by atoms with Crippen LogP contribution in [0.25, 0.3) is 0 Å². The van der Waals surface area contributed by atoms with Gasteiger partial charge in [0.2, 0.25) is 0 Å². The van der Waals surface area contributed by atoms with Gasteiger partial charge in [-0.2, -0.15) is 0 Å². The minimum atomic E-state index is -3.83. The zero-order chi connectivity index (χ0) is 21.0. The molecule has 1 fully saturated rings. The molecule has 1 saturated heterocycles. The van der Waals surface area contributed by atoms with Crippen molar-refractivity contribution in [1.29, 1.82) is 0 Å². The van der Waals surface area contributed by atoms with E-state index in [2.05, 4.69) is 10.3 Å². The van der Waals surface area contributed by atoms with Gasteiger partial charge in [-0.05, 0) is 55.5 Å². The second kappa shape index (κ2) is 8.73. The number of nitrogens with zero attached hydrogens (tertiary/aromatic N) is 2. The molecular formula is C21H25N3O4S. The van der Waals surface area contributed by atoms with Gasteiger partial charge < -0.3 is 10.2 Å². The summed E-state index contributed by atoms with van der Waals surface area (Å²) in [5.74, 6) is -1.39. The van der Waals surface area contributed by atoms with E-state index in [4.69, 9.17) is 0 Å². The number of nitrogens with one attached hydrogen (secondary N) is 1. The fourth-order valence-electron chi connectivity index (χ4n) is 3.47. The predicted molar refractivity (Wildman–Crippen MR) is 109 cm³/mol. The quantitative estimate of drug-likeness (QED) is 0.753. The number of pyridine rings is 1. The van der Waals surface area contributed by atoms with Crippen molar-refractivity contribution in [2.45, 2.75) is 36.8 Å². The summed E-state index contributed by atoms with van der Waals surface area (Å²) in [6, 6.07) is 8.56. The van der Waals surface area contributed by atoms with Crippen LogP contribution in [0, 0.1) is 13.8 Å². The molecule has 0 saturated carbocycles. The van der Waals surface area contributed by atoms with Crippen LogP contribution in [0.2, 0.25) is 0 Å². The van der Waals surface area contributed by atoms with Gasteiger partial charge in [0.15, 0.2) is 9.84 Å². The lowest BCUT2D eigenvalue weighted by atomic mass is 10.2. The highest BCUT2D eigenvalue weighted by Crippen LogP contribution is 2.30. The predicted octanol–water partition coefficient (Wildman–Crippen LogP) is 1.95. The highest BCUT2D eigenvalue weighted by Gasteiger charge is 2.32. The van der Waals surface area contributed by atoms with Gasteiger partial charge in [-0.15, -0.1) is 0 Å². The van der Waals surface area contributed by atoms with Crippen molar-refractivity contribution < 1.29 is 18.0 Å². The fourth-order valence-corrected chi connectivity index (χ4v) is 5.44. The van der Waals surface area contributed by atoms with E-state index in [-0.39, 0.29) is 11.4 Å². The maximum atomic E-state index is 13.5. The van der Waals surface area contributed by atoms with Gasteiger partial charge in [-0.1, -0.05) is 18.2 Å². The topological polar surface area (TPSA) is 96.4 Å². The van der Waals surface area contributed by atoms with E-state index < -0.39 is 26.9 Å². The lowest BCUT2D eigenvalue weighted by Gasteiger charge is -2.21. The summed E-state index contributed by atoms with van der Waals surface area (Å²) in [5.41, 5.74) is 1.92. The summed E-state index contributed by atoms with van der Waals surface area (Å²) in [7, 11) is -3.83. The minimum absolute atomic E-state index is 0.209. The monoisotopic (exact) mass is 415 g/mol. The standard InChI is InChI=1S/C21H25N3O4S/c1-15-7-8-16(2)18(12-15)29(27,28)19(17-6-5-9-22-13-17)14-23-20(25)21(26)24-10-3-4-11-24/h5-9,12-13,19H,3-4,10-11,14H2,1-2H3,(H,23,25)/t19-/m0/s1. The average molecular weight is 416 g/mol. The Kier molecular flexibility index (Phi) is 6.32. The van der Waals surface area contributed by atoms with Gasteiger partial charge in [0.1, 0.15) is 5.25 Å². The molecule has 2 heterocycles. The summed E-state index contributed by atoms with van der Waals surface area (Å²) < 4.78 is 26.9. The Balaban J connectivity index is 1.88. The molecule has 0 aliphatic carbocycles. The molecule has 29 heavy (non-hydrogen) atoms. The molecule has 3 rings (SSSR count). The molecule has 154 valence electrons. The summed E-state index contributed by atoms with van der Waals surface area (Å²) in [4.78, 5) is 30.3. The van der Waals surface area contributed by atoms with E-state index in [9.17, 15) is 18.0 Å². The number of benzene rings is 1. The van der Waals surface area contributed by atoms with E-state index in [1.54, 1.807) is 37.4 Å². The van der Waals surface area contributed by atoms with Gasteiger partial charge in [0.25, 0.3) is 0 Å². The third kappa shape index (κ3) is 4.64. The third-order valence-electron chi connectivity index (χ3n) is 5.12. The Morgan fingerprint density at radius 3 is 2.55 bits per heavy atom. The molecule has 0 unspecified atom stereocenters. The van der Waals surface area contributed by atoms with E-state index in [1.165, 1.54) is 11.1 Å². The maximum absolute atomic E-state index is 13.5. The van der Waals surface area contributed by atoms with Crippen molar-refractivity contribution in [3.8, 4) is 0 Å². The van der Waals surface area contributed by atoms with Crippen LogP contribution in [0.15, 0.2) is 47.6 Å². The van der Waals surface area contributed by atoms with E-state index in [0.29, 0.717) is 24.2 Å². The first kappa shape index (κ1) is 21.0. The Bertz CT molecular complexity index is 1000. The number of rotatable bonds is 5. The van der Waals surface area contributed by atoms with Gasteiger partial charge in [0.05, 0.1) is 4.90 Å². The Labute approximate surface area is 171 Å². The molecule has 2 aromatic rings. The second-order valence-corrected chi connectivity index (χ2v) is 9.40. The largest absolute Gasteiger partial charge is 0.346 e. The number of sulfone groups is 1. The Morgan fingerprint density at radius 1 is 1.17 bits per heavy atom. The first-order chi connectivity index (χ1) is 13.8. The number of aromatic nitrogens is 1. The molecule has 1 aromatic heterocycles. The normalized spacial score (nSPS) is 15.2. The third-order valence-corrected chi connectivity index (χ3v) is 7.36. The van der Waals surface area contributed by atoms with Crippen molar-refractivity contribution in [1.82, 2.24) is 15.2 Å². The lowest BCUT2D eigenvalue weighted by molar-refractivity contribution is -0.145. The molecule has 8 heteroatoms. The van der Waals surface area contributed by atoms with Crippen molar-refractivity contribution in [3.63, 3.8) is 0 Å². The number of hydrogen-bond acceptors (Lipinski definition) is 5. The van der Waals surface area contributed by atoms with Crippen LogP contribution in [-0.4, -0.2) is 49.8 Å². The lowest BCUT2D eigenvalue weighted by Crippen LogP contribution is -2.43. The van der Waals surface area contributed by atoms with Crippen LogP contribution in [0.5, 0.6) is 0 Å². The summed E-state index contributed by atoms with van der Waals surface area (Å²) in [6.45, 7) is 4.47. The Morgan fingerprint density at radius 2 is 1.90 bits per heavy atom. The summed E-state index contributed by atoms with van der Waals surface area (Å²) >= 11 is 0. The maximum Gasteiger partial charge on any atom is 0.311 e. The Hall–Kier alpha value is -2.74. The molecule has 7 nitrogen and oxygen atoms in total.